The van der Waals surface area contributed by atoms with Gasteiger partial charge in [-0.15, -0.1) is 0 Å². The smallest absolute Gasteiger partial charge is 0.261 e. The molecule has 1 saturated carbocycles. The average Bonchev–Trinajstić information content (AvgIpc) is 3.51. The van der Waals surface area contributed by atoms with Crippen molar-refractivity contribution in [3.63, 3.8) is 0 Å². The van der Waals surface area contributed by atoms with Crippen LogP contribution in [0.15, 0.2) is 53.1 Å². The molecule has 33 heavy (non-hydrogen) atoms. The van der Waals surface area contributed by atoms with Crippen molar-refractivity contribution in [3.8, 4) is 23.0 Å². The number of benzene rings is 2. The monoisotopic (exact) mass is 449 g/mol. The zero-order valence-corrected chi connectivity index (χ0v) is 18.8. The highest BCUT2D eigenvalue weighted by Crippen LogP contribution is 2.50. The molecule has 8 nitrogen and oxygen atoms in total. The normalized spacial score (nSPS) is 16.8. The topological polar surface area (TPSA) is 86.9 Å². The maximum atomic E-state index is 13.2. The molecule has 2 aromatic carbocycles. The molecule has 1 aliphatic heterocycles. The minimum Gasteiger partial charge on any atom is -0.497 e. The van der Waals surface area contributed by atoms with Gasteiger partial charge in [0.05, 0.1) is 37.8 Å². The van der Waals surface area contributed by atoms with Crippen LogP contribution in [-0.2, 0) is 21.4 Å². The second-order valence-electron chi connectivity index (χ2n) is 8.52. The van der Waals surface area contributed by atoms with Crippen LogP contribution in [0.25, 0.3) is 11.5 Å². The standard InChI is InChI=1S/C25H27N3O5/c1-30-14-11-22-26-23(33-27-22)20-5-3-4-6-21(20)32-19-15-28(16-19)24(29)25(12-13-25)17-7-9-18(31-2)10-8-17/h3-10,19H,11-16H2,1-2H3. The number of ether oxygens (including phenoxy) is 3. The Balaban J connectivity index is 1.22. The van der Waals surface area contributed by atoms with Crippen molar-refractivity contribution in [2.24, 2.45) is 0 Å². The molecule has 0 bridgehead atoms. The van der Waals surface area contributed by atoms with Gasteiger partial charge < -0.3 is 23.6 Å². The van der Waals surface area contributed by atoms with E-state index in [1.807, 2.05) is 53.4 Å². The Morgan fingerprint density at radius 1 is 1.12 bits per heavy atom. The summed E-state index contributed by atoms with van der Waals surface area (Å²) >= 11 is 0. The number of rotatable bonds is 9. The summed E-state index contributed by atoms with van der Waals surface area (Å²) in [5, 5.41) is 4.01. The molecule has 2 aliphatic rings. The van der Waals surface area contributed by atoms with E-state index in [1.54, 1.807) is 14.2 Å². The third kappa shape index (κ3) is 4.18. The lowest BCUT2D eigenvalue weighted by Gasteiger charge is -2.41. The van der Waals surface area contributed by atoms with E-state index in [2.05, 4.69) is 10.1 Å². The lowest BCUT2D eigenvalue weighted by atomic mass is 9.92. The van der Waals surface area contributed by atoms with Crippen molar-refractivity contribution in [3.05, 3.63) is 59.9 Å². The van der Waals surface area contributed by atoms with Crippen LogP contribution in [0.1, 0.15) is 24.2 Å². The fourth-order valence-electron chi connectivity index (χ4n) is 4.23. The van der Waals surface area contributed by atoms with Crippen LogP contribution < -0.4 is 9.47 Å². The lowest BCUT2D eigenvalue weighted by molar-refractivity contribution is -0.142. The summed E-state index contributed by atoms with van der Waals surface area (Å²) < 4.78 is 22.0. The minimum atomic E-state index is -0.391. The largest absolute Gasteiger partial charge is 0.497 e. The third-order valence-corrected chi connectivity index (χ3v) is 6.35. The van der Waals surface area contributed by atoms with E-state index in [9.17, 15) is 4.79 Å². The van der Waals surface area contributed by atoms with E-state index in [0.29, 0.717) is 43.6 Å². The molecule has 0 N–H and O–H groups in total. The average molecular weight is 450 g/mol. The van der Waals surface area contributed by atoms with Gasteiger partial charge in [-0.25, -0.2) is 0 Å². The molecule has 1 saturated heterocycles. The van der Waals surface area contributed by atoms with Gasteiger partial charge in [0, 0.05) is 13.5 Å². The molecule has 0 atom stereocenters. The summed E-state index contributed by atoms with van der Waals surface area (Å²) in [5.74, 6) is 2.66. The summed E-state index contributed by atoms with van der Waals surface area (Å²) in [6, 6.07) is 15.4. The second kappa shape index (κ2) is 8.86. The zero-order valence-electron chi connectivity index (χ0n) is 18.8. The number of amides is 1. The summed E-state index contributed by atoms with van der Waals surface area (Å²) in [4.78, 5) is 19.6. The van der Waals surface area contributed by atoms with Gasteiger partial charge in [-0.2, -0.15) is 4.98 Å². The number of carbonyl (C=O) groups excluding carboxylic acids is 1. The predicted molar refractivity (Wildman–Crippen MR) is 120 cm³/mol. The lowest BCUT2D eigenvalue weighted by Crippen LogP contribution is -2.58. The first-order valence-corrected chi connectivity index (χ1v) is 11.1. The van der Waals surface area contributed by atoms with Crippen LogP contribution in [0, 0.1) is 0 Å². The maximum absolute atomic E-state index is 13.2. The first kappa shape index (κ1) is 21.5. The van der Waals surface area contributed by atoms with Crippen LogP contribution in [0.5, 0.6) is 11.5 Å². The number of hydrogen-bond donors (Lipinski definition) is 0. The molecular formula is C25H27N3O5. The molecule has 0 radical (unpaired) electrons. The first-order valence-electron chi connectivity index (χ1n) is 11.1. The van der Waals surface area contributed by atoms with Crippen LogP contribution >= 0.6 is 0 Å². The molecule has 2 heterocycles. The fraction of sp³-hybridized carbons (Fsp3) is 0.400. The molecule has 1 aromatic heterocycles. The van der Waals surface area contributed by atoms with E-state index >= 15 is 0 Å². The number of likely N-dealkylation sites (tertiary alicyclic amines) is 1. The van der Waals surface area contributed by atoms with Crippen LogP contribution in [0.2, 0.25) is 0 Å². The summed E-state index contributed by atoms with van der Waals surface area (Å²) in [6.45, 7) is 1.66. The van der Waals surface area contributed by atoms with E-state index in [0.717, 1.165) is 29.7 Å². The van der Waals surface area contributed by atoms with Gasteiger partial charge in [-0.3, -0.25) is 4.79 Å². The SMILES string of the molecule is COCCc1noc(-c2ccccc2OC2CN(C(=O)C3(c4ccc(OC)cc4)CC3)C2)n1. The van der Waals surface area contributed by atoms with Gasteiger partial charge in [0.2, 0.25) is 5.91 Å². The molecular weight excluding hydrogens is 422 g/mol. The van der Waals surface area contributed by atoms with Gasteiger partial charge in [0.1, 0.15) is 17.6 Å². The van der Waals surface area contributed by atoms with Gasteiger partial charge in [-0.1, -0.05) is 29.4 Å². The Hall–Kier alpha value is -3.39. The number of methoxy groups -OCH3 is 2. The number of carbonyl (C=O) groups is 1. The Morgan fingerprint density at radius 2 is 1.88 bits per heavy atom. The Morgan fingerprint density at radius 3 is 2.58 bits per heavy atom. The molecule has 0 unspecified atom stereocenters. The molecule has 0 spiro atoms. The van der Waals surface area contributed by atoms with E-state index in [-0.39, 0.29) is 12.0 Å². The van der Waals surface area contributed by atoms with Crippen molar-refractivity contribution < 1.29 is 23.5 Å². The van der Waals surface area contributed by atoms with Crippen molar-refractivity contribution in [2.75, 3.05) is 33.9 Å². The molecule has 8 heteroatoms. The summed E-state index contributed by atoms with van der Waals surface area (Å²) in [5.41, 5.74) is 1.41. The van der Waals surface area contributed by atoms with Gasteiger partial charge in [0.15, 0.2) is 5.82 Å². The summed E-state index contributed by atoms with van der Waals surface area (Å²) in [7, 11) is 3.28. The Bertz CT molecular complexity index is 1120. The number of aromatic nitrogens is 2. The van der Waals surface area contributed by atoms with Crippen LogP contribution in [0.3, 0.4) is 0 Å². The zero-order chi connectivity index (χ0) is 22.8. The predicted octanol–water partition coefficient (Wildman–Crippen LogP) is 3.26. The fourth-order valence-corrected chi connectivity index (χ4v) is 4.23. The quantitative estimate of drug-likeness (QED) is 0.496. The van der Waals surface area contributed by atoms with Gasteiger partial charge in [-0.05, 0) is 42.7 Å². The molecule has 1 amide bonds. The van der Waals surface area contributed by atoms with E-state index in [4.69, 9.17) is 18.7 Å². The molecule has 3 aromatic rings. The van der Waals surface area contributed by atoms with Crippen LogP contribution in [-0.4, -0.2) is 61.0 Å². The third-order valence-electron chi connectivity index (χ3n) is 6.35. The number of hydrogen-bond acceptors (Lipinski definition) is 7. The second-order valence-corrected chi connectivity index (χ2v) is 8.52. The van der Waals surface area contributed by atoms with Crippen molar-refractivity contribution in [2.45, 2.75) is 30.8 Å². The Labute approximate surface area is 192 Å². The van der Waals surface area contributed by atoms with Crippen molar-refractivity contribution in [1.82, 2.24) is 15.0 Å². The van der Waals surface area contributed by atoms with Crippen molar-refractivity contribution in [1.29, 1.82) is 0 Å². The molecule has 1 aliphatic carbocycles. The van der Waals surface area contributed by atoms with E-state index in [1.165, 1.54) is 0 Å². The van der Waals surface area contributed by atoms with Gasteiger partial charge >= 0.3 is 0 Å². The highest BCUT2D eigenvalue weighted by atomic mass is 16.5. The Kier molecular flexibility index (Phi) is 5.76. The summed E-state index contributed by atoms with van der Waals surface area (Å²) in [6.07, 6.45) is 2.27. The minimum absolute atomic E-state index is 0.0716. The highest BCUT2D eigenvalue weighted by molar-refractivity contribution is 5.92. The highest BCUT2D eigenvalue weighted by Gasteiger charge is 2.55. The number of nitrogens with zero attached hydrogens (tertiary/aromatic N) is 3. The van der Waals surface area contributed by atoms with Crippen molar-refractivity contribution >= 4 is 5.91 Å². The first-order chi connectivity index (χ1) is 16.1. The maximum Gasteiger partial charge on any atom is 0.261 e. The molecule has 172 valence electrons. The van der Waals surface area contributed by atoms with E-state index < -0.39 is 5.41 Å². The number of para-hydroxylation sites is 1. The van der Waals surface area contributed by atoms with Gasteiger partial charge in [0.25, 0.3) is 5.89 Å². The molecule has 2 fully saturated rings. The molecule has 5 rings (SSSR count). The van der Waals surface area contributed by atoms with Crippen LogP contribution in [0.4, 0.5) is 0 Å².